The van der Waals surface area contributed by atoms with Gasteiger partial charge in [-0.1, -0.05) is 13.8 Å². The van der Waals surface area contributed by atoms with Gasteiger partial charge in [0, 0.05) is 25.3 Å². The van der Waals surface area contributed by atoms with E-state index >= 15 is 0 Å². The number of hydrogen-bond acceptors (Lipinski definition) is 3. The molecule has 3 heteroatoms. The first-order valence-corrected chi connectivity index (χ1v) is 6.67. The van der Waals surface area contributed by atoms with Crippen molar-refractivity contribution >= 4 is 5.82 Å². The first-order valence-electron chi connectivity index (χ1n) is 6.67. The van der Waals surface area contributed by atoms with Gasteiger partial charge in [0.2, 0.25) is 0 Å². The summed E-state index contributed by atoms with van der Waals surface area (Å²) in [5.41, 5.74) is 1.31. The molecule has 0 aliphatic rings. The van der Waals surface area contributed by atoms with Gasteiger partial charge in [-0.15, -0.1) is 0 Å². The van der Waals surface area contributed by atoms with E-state index in [1.165, 1.54) is 5.56 Å². The Bertz CT molecular complexity index is 325. The van der Waals surface area contributed by atoms with Crippen LogP contribution in [0.4, 0.5) is 5.82 Å². The zero-order chi connectivity index (χ0) is 12.7. The quantitative estimate of drug-likeness (QED) is 0.787. The van der Waals surface area contributed by atoms with E-state index in [2.05, 4.69) is 55.0 Å². The molecule has 0 aromatic carbocycles. The van der Waals surface area contributed by atoms with Crippen molar-refractivity contribution in [3.8, 4) is 0 Å². The fourth-order valence-electron chi connectivity index (χ4n) is 2.01. The molecule has 1 aromatic heterocycles. The summed E-state index contributed by atoms with van der Waals surface area (Å²) in [6, 6.07) is 4.69. The van der Waals surface area contributed by atoms with Crippen molar-refractivity contribution in [1.29, 1.82) is 0 Å². The molecule has 0 aliphatic carbocycles. The molecule has 0 spiro atoms. The molecule has 1 rings (SSSR count). The number of nitrogens with one attached hydrogen (secondary N) is 1. The SMILES string of the molecule is CCCN(CC)c1cc(C(C)NCC)ccn1. The Kier molecular flexibility index (Phi) is 5.98. The van der Waals surface area contributed by atoms with Crippen molar-refractivity contribution in [2.45, 2.75) is 40.2 Å². The third-order valence-electron chi connectivity index (χ3n) is 2.98. The maximum atomic E-state index is 4.47. The number of anilines is 1. The molecule has 1 heterocycles. The van der Waals surface area contributed by atoms with Gasteiger partial charge in [-0.2, -0.15) is 0 Å². The monoisotopic (exact) mass is 235 g/mol. The third kappa shape index (κ3) is 4.00. The van der Waals surface area contributed by atoms with Crippen LogP contribution < -0.4 is 10.2 Å². The van der Waals surface area contributed by atoms with Crippen LogP contribution in [0.2, 0.25) is 0 Å². The normalized spacial score (nSPS) is 12.5. The van der Waals surface area contributed by atoms with Crippen molar-refractivity contribution in [2.75, 3.05) is 24.5 Å². The van der Waals surface area contributed by atoms with Crippen LogP contribution in [-0.4, -0.2) is 24.6 Å². The Morgan fingerprint density at radius 1 is 1.35 bits per heavy atom. The fraction of sp³-hybridized carbons (Fsp3) is 0.643. The highest BCUT2D eigenvalue weighted by Gasteiger charge is 2.08. The highest BCUT2D eigenvalue weighted by Crippen LogP contribution is 2.18. The average molecular weight is 235 g/mol. The maximum Gasteiger partial charge on any atom is 0.128 e. The summed E-state index contributed by atoms with van der Waals surface area (Å²) in [4.78, 5) is 6.79. The molecule has 1 atom stereocenters. The number of hydrogen-bond donors (Lipinski definition) is 1. The molecule has 0 aliphatic heterocycles. The van der Waals surface area contributed by atoms with Gasteiger partial charge in [-0.3, -0.25) is 0 Å². The predicted molar refractivity (Wildman–Crippen MR) is 74.5 cm³/mol. The van der Waals surface area contributed by atoms with E-state index in [1.54, 1.807) is 0 Å². The number of rotatable bonds is 7. The average Bonchev–Trinajstić information content (AvgIpc) is 2.36. The number of nitrogens with zero attached hydrogens (tertiary/aromatic N) is 2. The highest BCUT2D eigenvalue weighted by atomic mass is 15.2. The molecule has 1 unspecified atom stereocenters. The lowest BCUT2D eigenvalue weighted by atomic mass is 10.1. The number of pyridine rings is 1. The van der Waals surface area contributed by atoms with Gasteiger partial charge in [0.15, 0.2) is 0 Å². The zero-order valence-corrected chi connectivity index (χ0v) is 11.5. The minimum absolute atomic E-state index is 0.391. The molecule has 17 heavy (non-hydrogen) atoms. The first kappa shape index (κ1) is 14.0. The molecule has 0 bridgehead atoms. The second-order valence-corrected chi connectivity index (χ2v) is 4.31. The van der Waals surface area contributed by atoms with Crippen molar-refractivity contribution in [1.82, 2.24) is 10.3 Å². The summed E-state index contributed by atoms with van der Waals surface area (Å²) in [7, 11) is 0. The van der Waals surface area contributed by atoms with E-state index < -0.39 is 0 Å². The first-order chi connectivity index (χ1) is 8.22. The van der Waals surface area contributed by atoms with Gasteiger partial charge >= 0.3 is 0 Å². The Morgan fingerprint density at radius 2 is 2.12 bits per heavy atom. The van der Waals surface area contributed by atoms with E-state index in [-0.39, 0.29) is 0 Å². The van der Waals surface area contributed by atoms with E-state index in [0.29, 0.717) is 6.04 Å². The molecule has 0 saturated heterocycles. The molecule has 96 valence electrons. The van der Waals surface area contributed by atoms with E-state index in [0.717, 1.165) is 31.9 Å². The predicted octanol–water partition coefficient (Wildman–Crippen LogP) is 2.99. The summed E-state index contributed by atoms with van der Waals surface area (Å²) in [6.07, 6.45) is 3.07. The molecule has 1 aromatic rings. The van der Waals surface area contributed by atoms with E-state index in [1.807, 2.05) is 6.20 Å². The Labute approximate surface area is 105 Å². The van der Waals surface area contributed by atoms with Crippen LogP contribution in [0.5, 0.6) is 0 Å². The molecular weight excluding hydrogens is 210 g/mol. The van der Waals surface area contributed by atoms with Crippen molar-refractivity contribution in [3.05, 3.63) is 23.9 Å². The van der Waals surface area contributed by atoms with Crippen LogP contribution in [-0.2, 0) is 0 Å². The second-order valence-electron chi connectivity index (χ2n) is 4.31. The molecular formula is C14H25N3. The molecule has 1 N–H and O–H groups in total. The fourth-order valence-corrected chi connectivity index (χ4v) is 2.01. The van der Waals surface area contributed by atoms with Crippen molar-refractivity contribution in [2.24, 2.45) is 0 Å². The molecule has 0 radical (unpaired) electrons. The van der Waals surface area contributed by atoms with Gasteiger partial charge in [0.25, 0.3) is 0 Å². The lowest BCUT2D eigenvalue weighted by Gasteiger charge is -2.22. The molecule has 0 fully saturated rings. The molecule has 0 amide bonds. The summed E-state index contributed by atoms with van der Waals surface area (Å²) in [5, 5.41) is 3.43. The van der Waals surface area contributed by atoms with Gasteiger partial charge in [0.1, 0.15) is 5.82 Å². The maximum absolute atomic E-state index is 4.47. The molecule has 0 saturated carbocycles. The van der Waals surface area contributed by atoms with E-state index in [9.17, 15) is 0 Å². The Morgan fingerprint density at radius 3 is 2.71 bits per heavy atom. The Hall–Kier alpha value is -1.09. The van der Waals surface area contributed by atoms with Crippen LogP contribution in [0.15, 0.2) is 18.3 Å². The van der Waals surface area contributed by atoms with Crippen LogP contribution in [0.1, 0.15) is 45.7 Å². The summed E-state index contributed by atoms with van der Waals surface area (Å²) >= 11 is 0. The smallest absolute Gasteiger partial charge is 0.128 e. The van der Waals surface area contributed by atoms with Gasteiger partial charge in [-0.05, 0) is 44.5 Å². The zero-order valence-electron chi connectivity index (χ0n) is 11.5. The Balaban J connectivity index is 2.83. The lowest BCUT2D eigenvalue weighted by molar-refractivity contribution is 0.597. The van der Waals surface area contributed by atoms with Crippen molar-refractivity contribution in [3.63, 3.8) is 0 Å². The van der Waals surface area contributed by atoms with Gasteiger partial charge < -0.3 is 10.2 Å². The van der Waals surface area contributed by atoms with Crippen LogP contribution in [0, 0.1) is 0 Å². The van der Waals surface area contributed by atoms with Gasteiger partial charge in [-0.25, -0.2) is 4.98 Å². The largest absolute Gasteiger partial charge is 0.357 e. The summed E-state index contributed by atoms with van der Waals surface area (Å²) in [5.74, 6) is 1.09. The standard InChI is InChI=1S/C14H25N3/c1-5-10-17(7-3)14-11-13(8-9-16-14)12(4)15-6-2/h8-9,11-12,15H,5-7,10H2,1-4H3. The third-order valence-corrected chi connectivity index (χ3v) is 2.98. The summed E-state index contributed by atoms with van der Waals surface area (Å²) in [6.45, 7) is 11.8. The van der Waals surface area contributed by atoms with Gasteiger partial charge in [0.05, 0.1) is 0 Å². The summed E-state index contributed by atoms with van der Waals surface area (Å²) < 4.78 is 0. The topological polar surface area (TPSA) is 28.2 Å². The minimum atomic E-state index is 0.391. The van der Waals surface area contributed by atoms with E-state index in [4.69, 9.17) is 0 Å². The number of aromatic nitrogens is 1. The van der Waals surface area contributed by atoms with Crippen molar-refractivity contribution < 1.29 is 0 Å². The van der Waals surface area contributed by atoms with Crippen LogP contribution >= 0.6 is 0 Å². The molecule has 3 nitrogen and oxygen atoms in total. The highest BCUT2D eigenvalue weighted by molar-refractivity contribution is 5.41. The minimum Gasteiger partial charge on any atom is -0.357 e. The lowest BCUT2D eigenvalue weighted by Crippen LogP contribution is -2.25. The second kappa shape index (κ2) is 7.28. The van der Waals surface area contributed by atoms with Crippen LogP contribution in [0.25, 0.3) is 0 Å². The van der Waals surface area contributed by atoms with Crippen LogP contribution in [0.3, 0.4) is 0 Å².